The van der Waals surface area contributed by atoms with Crippen LogP contribution in [0.3, 0.4) is 0 Å². The number of Topliss-reactive ketones (excluding diaryl/α,β-unsaturated/α-hetero) is 1. The molecule has 1 aromatic carbocycles. The molecule has 0 saturated heterocycles. The predicted molar refractivity (Wildman–Crippen MR) is 76.8 cm³/mol. The lowest BCUT2D eigenvalue weighted by Gasteiger charge is -2.25. The Morgan fingerprint density at radius 2 is 1.63 bits per heavy atom. The van der Waals surface area contributed by atoms with Crippen LogP contribution in [-0.2, 0) is 0 Å². The highest BCUT2D eigenvalue weighted by Crippen LogP contribution is 2.10. The fourth-order valence-electron chi connectivity index (χ4n) is 2.21. The molecule has 0 unspecified atom stereocenters. The molecule has 3 heteroatoms. The van der Waals surface area contributed by atoms with E-state index in [1.807, 2.05) is 0 Å². The van der Waals surface area contributed by atoms with E-state index in [0.717, 1.165) is 13.1 Å². The van der Waals surface area contributed by atoms with E-state index in [0.29, 0.717) is 11.8 Å². The second-order valence-electron chi connectivity index (χ2n) is 5.88. The van der Waals surface area contributed by atoms with Gasteiger partial charge < -0.3 is 0 Å². The van der Waals surface area contributed by atoms with E-state index in [9.17, 15) is 9.18 Å². The summed E-state index contributed by atoms with van der Waals surface area (Å²) >= 11 is 0. The molecule has 0 amide bonds. The minimum atomic E-state index is -0.429. The summed E-state index contributed by atoms with van der Waals surface area (Å²) in [4.78, 5) is 14.3. The zero-order chi connectivity index (χ0) is 14.4. The fourth-order valence-corrected chi connectivity index (χ4v) is 2.21. The highest BCUT2D eigenvalue weighted by molar-refractivity contribution is 5.97. The quantitative estimate of drug-likeness (QED) is 0.702. The number of rotatable bonds is 7. The van der Waals surface area contributed by atoms with Crippen molar-refractivity contribution in [2.45, 2.75) is 27.7 Å². The third-order valence-corrected chi connectivity index (χ3v) is 2.79. The third-order valence-electron chi connectivity index (χ3n) is 2.79. The lowest BCUT2D eigenvalue weighted by Crippen LogP contribution is -2.36. The molecule has 0 saturated carbocycles. The van der Waals surface area contributed by atoms with Crippen molar-refractivity contribution in [3.05, 3.63) is 35.6 Å². The fraction of sp³-hybridized carbons (Fsp3) is 0.562. The van der Waals surface area contributed by atoms with Gasteiger partial charge in [-0.15, -0.1) is 0 Å². The zero-order valence-corrected chi connectivity index (χ0v) is 12.3. The highest BCUT2D eigenvalue weighted by atomic mass is 19.1. The molecule has 106 valence electrons. The van der Waals surface area contributed by atoms with Crippen LogP contribution in [-0.4, -0.2) is 30.3 Å². The lowest BCUT2D eigenvalue weighted by atomic mass is 10.1. The van der Waals surface area contributed by atoms with Gasteiger partial charge in [0.05, 0.1) is 12.1 Å². The largest absolute Gasteiger partial charge is 0.295 e. The molecule has 0 heterocycles. The minimum Gasteiger partial charge on any atom is -0.295 e. The molecule has 0 N–H and O–H groups in total. The first-order chi connectivity index (χ1) is 8.90. The summed E-state index contributed by atoms with van der Waals surface area (Å²) in [6.07, 6.45) is 0. The van der Waals surface area contributed by atoms with Crippen LogP contribution in [0.25, 0.3) is 0 Å². The molecule has 0 spiro atoms. The van der Waals surface area contributed by atoms with Crippen molar-refractivity contribution < 1.29 is 9.18 Å². The van der Waals surface area contributed by atoms with Gasteiger partial charge in [-0.05, 0) is 24.0 Å². The maximum absolute atomic E-state index is 13.6. The summed E-state index contributed by atoms with van der Waals surface area (Å²) in [6, 6.07) is 6.20. The number of halogens is 1. The van der Waals surface area contributed by atoms with Gasteiger partial charge in [0, 0.05) is 13.1 Å². The number of hydrogen-bond donors (Lipinski definition) is 0. The standard InChI is InChI=1S/C16H24FNO/c1-12(2)9-18(10-13(3)4)11-16(19)14-7-5-6-8-15(14)17/h5-8,12-13H,9-11H2,1-4H3. The van der Waals surface area contributed by atoms with E-state index in [4.69, 9.17) is 0 Å². The Morgan fingerprint density at radius 3 is 2.11 bits per heavy atom. The average molecular weight is 265 g/mol. The number of benzene rings is 1. The first-order valence-electron chi connectivity index (χ1n) is 6.90. The van der Waals surface area contributed by atoms with E-state index in [-0.39, 0.29) is 17.9 Å². The summed E-state index contributed by atoms with van der Waals surface area (Å²) in [5, 5.41) is 0. The first kappa shape index (κ1) is 15.8. The van der Waals surface area contributed by atoms with Crippen LogP contribution in [0.4, 0.5) is 4.39 Å². The molecule has 0 aliphatic carbocycles. The molecule has 0 aromatic heterocycles. The molecule has 19 heavy (non-hydrogen) atoms. The number of carbonyl (C=O) groups is 1. The van der Waals surface area contributed by atoms with Gasteiger partial charge in [-0.25, -0.2) is 4.39 Å². The van der Waals surface area contributed by atoms with Crippen molar-refractivity contribution in [2.75, 3.05) is 19.6 Å². The van der Waals surface area contributed by atoms with Gasteiger partial charge in [0.1, 0.15) is 5.82 Å². The topological polar surface area (TPSA) is 20.3 Å². The Balaban J connectivity index is 2.73. The lowest BCUT2D eigenvalue weighted by molar-refractivity contribution is 0.0908. The van der Waals surface area contributed by atoms with Gasteiger partial charge in [0.25, 0.3) is 0 Å². The number of ketones is 1. The van der Waals surface area contributed by atoms with Crippen molar-refractivity contribution >= 4 is 5.78 Å². The number of carbonyl (C=O) groups excluding carboxylic acids is 1. The molecular formula is C16H24FNO. The summed E-state index contributed by atoms with van der Waals surface area (Å²) in [5.41, 5.74) is 0.194. The zero-order valence-electron chi connectivity index (χ0n) is 12.3. The molecule has 0 aliphatic rings. The smallest absolute Gasteiger partial charge is 0.179 e. The van der Waals surface area contributed by atoms with Gasteiger partial charge in [-0.2, -0.15) is 0 Å². The molecule has 2 nitrogen and oxygen atoms in total. The van der Waals surface area contributed by atoms with Crippen LogP contribution in [0.1, 0.15) is 38.1 Å². The molecule has 0 fully saturated rings. The monoisotopic (exact) mass is 265 g/mol. The van der Waals surface area contributed by atoms with Crippen molar-refractivity contribution in [1.82, 2.24) is 4.90 Å². The van der Waals surface area contributed by atoms with Crippen LogP contribution in [0.5, 0.6) is 0 Å². The minimum absolute atomic E-state index is 0.139. The highest BCUT2D eigenvalue weighted by Gasteiger charge is 2.17. The van der Waals surface area contributed by atoms with Crippen LogP contribution >= 0.6 is 0 Å². The molecular weight excluding hydrogens is 241 g/mol. The number of hydrogen-bond acceptors (Lipinski definition) is 2. The second kappa shape index (κ2) is 7.39. The van der Waals surface area contributed by atoms with Crippen molar-refractivity contribution in [2.24, 2.45) is 11.8 Å². The SMILES string of the molecule is CC(C)CN(CC(=O)c1ccccc1F)CC(C)C. The van der Waals surface area contributed by atoms with E-state index in [1.54, 1.807) is 18.2 Å². The average Bonchev–Trinajstić information content (AvgIpc) is 2.27. The first-order valence-corrected chi connectivity index (χ1v) is 6.90. The van der Waals surface area contributed by atoms with E-state index >= 15 is 0 Å². The second-order valence-corrected chi connectivity index (χ2v) is 5.88. The van der Waals surface area contributed by atoms with Gasteiger partial charge >= 0.3 is 0 Å². The van der Waals surface area contributed by atoms with Crippen LogP contribution in [0.15, 0.2) is 24.3 Å². The summed E-state index contributed by atoms with van der Waals surface area (Å²) < 4.78 is 13.6. The summed E-state index contributed by atoms with van der Waals surface area (Å²) in [7, 11) is 0. The Bertz CT molecular complexity index is 405. The van der Waals surface area contributed by atoms with Gasteiger partial charge in [0.15, 0.2) is 5.78 Å². The third kappa shape index (κ3) is 5.52. The molecule has 0 aliphatic heterocycles. The summed E-state index contributed by atoms with van der Waals surface area (Å²) in [6.45, 7) is 10.5. The van der Waals surface area contributed by atoms with Gasteiger partial charge in [-0.1, -0.05) is 39.8 Å². The van der Waals surface area contributed by atoms with Gasteiger partial charge in [-0.3, -0.25) is 9.69 Å². The molecule has 1 rings (SSSR count). The Hall–Kier alpha value is -1.22. The normalized spacial score (nSPS) is 11.6. The van der Waals surface area contributed by atoms with E-state index in [2.05, 4.69) is 32.6 Å². The maximum Gasteiger partial charge on any atom is 0.179 e. The van der Waals surface area contributed by atoms with E-state index < -0.39 is 5.82 Å². The van der Waals surface area contributed by atoms with Crippen molar-refractivity contribution in [3.8, 4) is 0 Å². The number of nitrogens with zero attached hydrogens (tertiary/aromatic N) is 1. The predicted octanol–water partition coefficient (Wildman–Crippen LogP) is 3.62. The van der Waals surface area contributed by atoms with Crippen LogP contribution in [0, 0.1) is 17.7 Å². The molecule has 1 aromatic rings. The molecule has 0 bridgehead atoms. The Kier molecular flexibility index (Phi) is 6.16. The van der Waals surface area contributed by atoms with Crippen LogP contribution < -0.4 is 0 Å². The van der Waals surface area contributed by atoms with Crippen LogP contribution in [0.2, 0.25) is 0 Å². The van der Waals surface area contributed by atoms with Crippen molar-refractivity contribution in [1.29, 1.82) is 0 Å². The maximum atomic E-state index is 13.6. The molecule has 0 radical (unpaired) electrons. The van der Waals surface area contributed by atoms with Gasteiger partial charge in [0.2, 0.25) is 0 Å². The van der Waals surface area contributed by atoms with Crippen molar-refractivity contribution in [3.63, 3.8) is 0 Å². The van der Waals surface area contributed by atoms with E-state index in [1.165, 1.54) is 6.07 Å². The Labute approximate surface area is 115 Å². The summed E-state index contributed by atoms with van der Waals surface area (Å²) in [5.74, 6) is 0.417. The molecule has 0 atom stereocenters. The Morgan fingerprint density at radius 1 is 1.11 bits per heavy atom.